The Morgan fingerprint density at radius 2 is 2.05 bits per heavy atom. The molecular weight excluding hydrogens is 329 g/mol. The van der Waals surface area contributed by atoms with Gasteiger partial charge in [0.2, 0.25) is 0 Å². The summed E-state index contributed by atoms with van der Waals surface area (Å²) in [6.45, 7) is 3.52. The van der Waals surface area contributed by atoms with Crippen LogP contribution in [0.15, 0.2) is 18.2 Å². The number of carboxylic acid groups (broad SMARTS) is 1. The molecule has 0 saturated heterocycles. The number of hydrogen-bond donors (Lipinski definition) is 2. The lowest BCUT2D eigenvalue weighted by molar-refractivity contribution is -0.142. The molecule has 0 aliphatic rings. The fourth-order valence-electron chi connectivity index (χ4n) is 1.85. The molecule has 0 aliphatic heterocycles. The Morgan fingerprint density at radius 1 is 1.36 bits per heavy atom. The van der Waals surface area contributed by atoms with Crippen LogP contribution >= 0.6 is 23.2 Å². The lowest BCUT2D eigenvalue weighted by Gasteiger charge is -2.18. The highest BCUT2D eigenvalue weighted by Crippen LogP contribution is 2.32. The number of carbonyl (C=O) groups excluding carboxylic acids is 1. The van der Waals surface area contributed by atoms with Gasteiger partial charge in [-0.1, -0.05) is 42.6 Å². The van der Waals surface area contributed by atoms with Gasteiger partial charge in [-0.05, 0) is 25.5 Å². The molecule has 0 fully saturated rings. The van der Waals surface area contributed by atoms with Gasteiger partial charge in [-0.25, -0.2) is 0 Å². The second kappa shape index (κ2) is 8.86. The van der Waals surface area contributed by atoms with Gasteiger partial charge in [0, 0.05) is 6.54 Å². The summed E-state index contributed by atoms with van der Waals surface area (Å²) in [5.41, 5.74) is 0. The summed E-state index contributed by atoms with van der Waals surface area (Å²) in [4.78, 5) is 23.0. The van der Waals surface area contributed by atoms with Gasteiger partial charge in [0.15, 0.2) is 6.10 Å². The van der Waals surface area contributed by atoms with Crippen LogP contribution in [0.5, 0.6) is 5.75 Å². The van der Waals surface area contributed by atoms with Gasteiger partial charge in [-0.2, -0.15) is 0 Å². The molecule has 22 heavy (non-hydrogen) atoms. The molecule has 122 valence electrons. The minimum absolute atomic E-state index is 0.0684. The molecule has 0 saturated carbocycles. The van der Waals surface area contributed by atoms with Crippen LogP contribution in [0.1, 0.15) is 26.7 Å². The van der Waals surface area contributed by atoms with E-state index >= 15 is 0 Å². The molecule has 1 rings (SSSR count). The van der Waals surface area contributed by atoms with E-state index in [1.165, 1.54) is 0 Å². The molecular formula is C15H19Cl2NO4. The van der Waals surface area contributed by atoms with Crippen LogP contribution < -0.4 is 10.1 Å². The van der Waals surface area contributed by atoms with Crippen LogP contribution in [0.4, 0.5) is 0 Å². The maximum absolute atomic E-state index is 12.0. The van der Waals surface area contributed by atoms with E-state index in [1.807, 2.05) is 6.92 Å². The third kappa shape index (κ3) is 5.39. The number of rotatable bonds is 8. The smallest absolute Gasteiger partial charge is 0.308 e. The molecule has 2 atom stereocenters. The predicted molar refractivity (Wildman–Crippen MR) is 85.6 cm³/mol. The third-order valence-electron chi connectivity index (χ3n) is 3.10. The molecule has 1 amide bonds. The van der Waals surface area contributed by atoms with Crippen molar-refractivity contribution in [2.45, 2.75) is 32.8 Å². The van der Waals surface area contributed by atoms with Gasteiger partial charge in [-0.15, -0.1) is 0 Å². The Labute approximate surface area is 139 Å². The highest BCUT2D eigenvalue weighted by Gasteiger charge is 2.21. The first-order valence-electron chi connectivity index (χ1n) is 6.98. The zero-order chi connectivity index (χ0) is 16.7. The Hall–Kier alpha value is -1.46. The number of amides is 1. The summed E-state index contributed by atoms with van der Waals surface area (Å²) in [6.07, 6.45) is 0.425. The Kier molecular flexibility index (Phi) is 7.48. The summed E-state index contributed by atoms with van der Waals surface area (Å²) in [7, 11) is 0. The first-order valence-corrected chi connectivity index (χ1v) is 7.73. The molecule has 7 heteroatoms. The Balaban J connectivity index is 2.58. The maximum atomic E-state index is 12.0. The van der Waals surface area contributed by atoms with Gasteiger partial charge in [0.05, 0.1) is 10.9 Å². The van der Waals surface area contributed by atoms with Crippen molar-refractivity contribution in [1.82, 2.24) is 5.32 Å². The third-order valence-corrected chi connectivity index (χ3v) is 3.90. The normalized spacial score (nSPS) is 13.3. The first-order chi connectivity index (χ1) is 10.4. The number of halogens is 2. The lowest BCUT2D eigenvalue weighted by atomic mass is 10.0. The van der Waals surface area contributed by atoms with E-state index < -0.39 is 23.9 Å². The molecule has 5 nitrogen and oxygen atoms in total. The van der Waals surface area contributed by atoms with E-state index in [1.54, 1.807) is 25.1 Å². The van der Waals surface area contributed by atoms with Gasteiger partial charge >= 0.3 is 5.97 Å². The van der Waals surface area contributed by atoms with Crippen LogP contribution in [0.3, 0.4) is 0 Å². The predicted octanol–water partition coefficient (Wildman–Crippen LogP) is 3.38. The van der Waals surface area contributed by atoms with Crippen molar-refractivity contribution in [1.29, 1.82) is 0 Å². The molecule has 0 heterocycles. The molecule has 0 radical (unpaired) electrons. The minimum Gasteiger partial charge on any atom is -0.481 e. The minimum atomic E-state index is -0.923. The van der Waals surface area contributed by atoms with E-state index in [9.17, 15) is 9.59 Å². The summed E-state index contributed by atoms with van der Waals surface area (Å²) >= 11 is 11.9. The fourth-order valence-corrected chi connectivity index (χ4v) is 2.18. The van der Waals surface area contributed by atoms with Crippen LogP contribution in [0, 0.1) is 5.92 Å². The SMILES string of the molecule is CCCC(CNC(=O)C(C)Oc1cccc(Cl)c1Cl)C(=O)O. The number of benzene rings is 1. The summed E-state index contributed by atoms with van der Waals surface area (Å²) < 4.78 is 5.46. The van der Waals surface area contributed by atoms with Gasteiger partial charge in [0.25, 0.3) is 5.91 Å². The molecule has 0 bridgehead atoms. The average molecular weight is 348 g/mol. The van der Waals surface area contributed by atoms with E-state index in [4.69, 9.17) is 33.0 Å². The zero-order valence-electron chi connectivity index (χ0n) is 12.4. The molecule has 0 aromatic heterocycles. The molecule has 1 aromatic carbocycles. The summed E-state index contributed by atoms with van der Waals surface area (Å²) in [6, 6.07) is 4.88. The topological polar surface area (TPSA) is 75.6 Å². The lowest BCUT2D eigenvalue weighted by Crippen LogP contribution is -2.40. The number of nitrogens with one attached hydrogen (secondary N) is 1. The summed E-state index contributed by atoms with van der Waals surface area (Å²) in [5, 5.41) is 12.2. The second-order valence-corrected chi connectivity index (χ2v) is 5.67. The number of hydrogen-bond acceptors (Lipinski definition) is 3. The van der Waals surface area contributed by atoms with Crippen LogP contribution in [0.25, 0.3) is 0 Å². The van der Waals surface area contributed by atoms with Crippen molar-refractivity contribution in [2.24, 2.45) is 5.92 Å². The van der Waals surface area contributed by atoms with E-state index in [-0.39, 0.29) is 11.6 Å². The van der Waals surface area contributed by atoms with Gasteiger partial charge < -0.3 is 15.2 Å². The van der Waals surface area contributed by atoms with Crippen molar-refractivity contribution in [2.75, 3.05) is 6.54 Å². The molecule has 1 aromatic rings. The maximum Gasteiger partial charge on any atom is 0.308 e. The van der Waals surface area contributed by atoms with Crippen LogP contribution in [-0.2, 0) is 9.59 Å². The molecule has 2 unspecified atom stereocenters. The van der Waals surface area contributed by atoms with Crippen molar-refractivity contribution in [3.8, 4) is 5.75 Å². The number of ether oxygens (including phenoxy) is 1. The average Bonchev–Trinajstić information content (AvgIpc) is 2.47. The molecule has 2 N–H and O–H groups in total. The largest absolute Gasteiger partial charge is 0.481 e. The quantitative estimate of drug-likeness (QED) is 0.755. The van der Waals surface area contributed by atoms with Crippen molar-refractivity contribution in [3.63, 3.8) is 0 Å². The van der Waals surface area contributed by atoms with Crippen molar-refractivity contribution in [3.05, 3.63) is 28.2 Å². The van der Waals surface area contributed by atoms with E-state index in [0.29, 0.717) is 17.2 Å². The van der Waals surface area contributed by atoms with Gasteiger partial charge in [-0.3, -0.25) is 9.59 Å². The molecule has 0 spiro atoms. The number of carbonyl (C=O) groups is 2. The number of aliphatic carboxylic acids is 1. The Bertz CT molecular complexity index is 536. The van der Waals surface area contributed by atoms with Crippen molar-refractivity contribution >= 4 is 35.1 Å². The van der Waals surface area contributed by atoms with E-state index in [0.717, 1.165) is 6.42 Å². The first kappa shape index (κ1) is 18.6. The summed E-state index contributed by atoms with van der Waals surface area (Å²) in [5.74, 6) is -1.62. The highest BCUT2D eigenvalue weighted by molar-refractivity contribution is 6.42. The van der Waals surface area contributed by atoms with Gasteiger partial charge in [0.1, 0.15) is 10.8 Å². The standard InChI is InChI=1S/C15H19Cl2NO4/c1-3-5-10(15(20)21)8-18-14(19)9(2)22-12-7-4-6-11(16)13(12)17/h4,6-7,9-10H,3,5,8H2,1-2H3,(H,18,19)(H,20,21). The number of carboxylic acids is 1. The van der Waals surface area contributed by atoms with Crippen LogP contribution in [0.2, 0.25) is 10.0 Å². The Morgan fingerprint density at radius 3 is 2.64 bits per heavy atom. The van der Waals surface area contributed by atoms with Crippen molar-refractivity contribution < 1.29 is 19.4 Å². The zero-order valence-corrected chi connectivity index (χ0v) is 13.9. The van der Waals surface area contributed by atoms with E-state index in [2.05, 4.69) is 5.32 Å². The molecule has 0 aliphatic carbocycles. The highest BCUT2D eigenvalue weighted by atomic mass is 35.5. The monoisotopic (exact) mass is 347 g/mol. The van der Waals surface area contributed by atoms with Crippen LogP contribution in [-0.4, -0.2) is 29.6 Å². The second-order valence-electron chi connectivity index (χ2n) is 4.88. The fraction of sp³-hybridized carbons (Fsp3) is 0.467.